The van der Waals surface area contributed by atoms with E-state index >= 15 is 0 Å². The molecule has 1 aliphatic rings. The minimum atomic E-state index is -0.384. The Bertz CT molecular complexity index is 559. The van der Waals surface area contributed by atoms with Gasteiger partial charge in [-0.1, -0.05) is 23.2 Å². The highest BCUT2D eigenvalue weighted by Gasteiger charge is 2.25. The molecule has 1 fully saturated rings. The molecule has 8 heteroatoms. The molecular weight excluding hydrogens is 315 g/mol. The number of rotatable bonds is 1. The van der Waals surface area contributed by atoms with E-state index in [1.807, 2.05) is 18.4 Å². The van der Waals surface area contributed by atoms with Crippen LogP contribution in [0.4, 0.5) is 0 Å². The van der Waals surface area contributed by atoms with Crippen LogP contribution in [-0.2, 0) is 4.74 Å². The van der Waals surface area contributed by atoms with E-state index in [0.29, 0.717) is 18.7 Å². The predicted octanol–water partition coefficient (Wildman–Crippen LogP) is 1.25. The lowest BCUT2D eigenvalue weighted by molar-refractivity contribution is -0.568. The average Bonchev–Trinajstić information content (AvgIpc) is 2.36. The first-order valence-corrected chi connectivity index (χ1v) is 7.28. The fraction of sp³-hybridized carbons (Fsp3) is 0.462. The number of aromatic nitrogens is 1. The maximum absolute atomic E-state index is 12.2. The van der Waals surface area contributed by atoms with Gasteiger partial charge in [-0.05, 0) is 26.0 Å². The predicted molar refractivity (Wildman–Crippen MR) is 80.9 cm³/mol. The minimum absolute atomic E-state index is 0.0500. The Hall–Kier alpha value is -1.37. The normalized spacial score (nSPS) is 24.6. The minimum Gasteiger partial charge on any atom is -0.369 e. The molecule has 3 N–H and O–H groups in total. The Morgan fingerprint density at radius 1 is 1.33 bits per heavy atom. The molecule has 0 aromatic carbocycles. The van der Waals surface area contributed by atoms with Gasteiger partial charge in [0.05, 0.1) is 30.9 Å². The van der Waals surface area contributed by atoms with Gasteiger partial charge in [0.25, 0.3) is 0 Å². The molecular formula is C13H17Cl2N4O2+. The molecule has 0 bridgehead atoms. The number of carbonyl (C=O) groups excluding carboxylic acids is 1. The van der Waals surface area contributed by atoms with E-state index in [2.05, 4.69) is 10.3 Å². The van der Waals surface area contributed by atoms with Gasteiger partial charge in [-0.25, -0.2) is 10.3 Å². The highest BCUT2D eigenvalue weighted by molar-refractivity contribution is 6.33. The zero-order chi connectivity index (χ0) is 15.6. The van der Waals surface area contributed by atoms with Gasteiger partial charge < -0.3 is 4.74 Å². The summed E-state index contributed by atoms with van der Waals surface area (Å²) in [6.45, 7) is 5.16. The molecule has 0 spiro atoms. The van der Waals surface area contributed by atoms with E-state index in [0.717, 1.165) is 0 Å². The largest absolute Gasteiger partial charge is 0.369 e. The van der Waals surface area contributed by atoms with E-state index in [9.17, 15) is 4.79 Å². The van der Waals surface area contributed by atoms with Crippen LogP contribution in [0.15, 0.2) is 12.1 Å². The zero-order valence-corrected chi connectivity index (χ0v) is 13.3. The first-order chi connectivity index (χ1) is 9.85. The molecule has 0 unspecified atom stereocenters. The number of hydrogen-bond donors (Lipinski definition) is 2. The van der Waals surface area contributed by atoms with Crippen molar-refractivity contribution in [3.63, 3.8) is 0 Å². The first kappa shape index (κ1) is 16.0. The van der Waals surface area contributed by atoms with Crippen LogP contribution in [0, 0.1) is 0 Å². The number of hydrogen-bond acceptors (Lipinski definition) is 3. The molecule has 1 saturated heterocycles. The number of nitrogens with zero attached hydrogens (tertiary/aromatic N) is 2. The van der Waals surface area contributed by atoms with Crippen LogP contribution in [0.2, 0.25) is 10.3 Å². The maximum Gasteiger partial charge on any atom is 0.351 e. The maximum atomic E-state index is 12.2. The smallest absolute Gasteiger partial charge is 0.351 e. The third kappa shape index (κ3) is 4.30. The number of ether oxygens (including phenoxy) is 1. The SMILES string of the molecule is C[C@@H]1C[N+](=C(N)NC(=O)c2cc(Cl)nc(Cl)c2)C[C@H](C)O1. The standard InChI is InChI=1S/C13H16Cl2N4O2/c1-7-5-19(6-8(2)21-7)13(16)18-12(20)9-3-10(14)17-11(15)4-9/h3-4,7-8H,5-6H2,1-2H3,(H2,16,18,20)/p+1/t7-,8+. The van der Waals surface area contributed by atoms with E-state index in [4.69, 9.17) is 33.7 Å². The number of amides is 1. The van der Waals surface area contributed by atoms with E-state index in [1.54, 1.807) is 0 Å². The number of guanidine groups is 1. The highest BCUT2D eigenvalue weighted by atomic mass is 35.5. The zero-order valence-electron chi connectivity index (χ0n) is 11.8. The number of morpholine rings is 1. The monoisotopic (exact) mass is 331 g/mol. The second-order valence-corrected chi connectivity index (χ2v) is 5.78. The molecule has 2 heterocycles. The van der Waals surface area contributed by atoms with Crippen molar-refractivity contribution in [3.8, 4) is 0 Å². The Labute approximate surface area is 132 Å². The lowest BCUT2D eigenvalue weighted by Gasteiger charge is -2.27. The third-order valence-corrected chi connectivity index (χ3v) is 3.41. The van der Waals surface area contributed by atoms with Gasteiger partial charge in [0.2, 0.25) is 0 Å². The summed E-state index contributed by atoms with van der Waals surface area (Å²) in [4.78, 5) is 15.9. The Morgan fingerprint density at radius 3 is 2.38 bits per heavy atom. The van der Waals surface area contributed by atoms with E-state index in [-0.39, 0.29) is 34.4 Å². The lowest BCUT2D eigenvalue weighted by atomic mass is 10.2. The molecule has 1 aromatic rings. The van der Waals surface area contributed by atoms with Gasteiger partial charge in [-0.3, -0.25) is 15.1 Å². The van der Waals surface area contributed by atoms with Crippen molar-refractivity contribution < 1.29 is 14.1 Å². The van der Waals surface area contributed by atoms with Crippen LogP contribution in [0.5, 0.6) is 0 Å². The Kier molecular flexibility index (Phi) is 5.03. The van der Waals surface area contributed by atoms with Crippen molar-refractivity contribution >= 4 is 35.1 Å². The summed E-state index contributed by atoms with van der Waals surface area (Å²) in [7, 11) is 0. The van der Waals surface area contributed by atoms with Crippen molar-refractivity contribution in [3.05, 3.63) is 28.0 Å². The number of nitrogens with one attached hydrogen (secondary N) is 1. The number of pyridine rings is 1. The summed E-state index contributed by atoms with van der Waals surface area (Å²) < 4.78 is 7.50. The number of nitrogens with two attached hydrogens (primary N) is 1. The molecule has 0 radical (unpaired) electrons. The summed E-state index contributed by atoms with van der Waals surface area (Å²) in [6.07, 6.45) is 0.100. The molecule has 1 aliphatic heterocycles. The molecule has 6 nitrogen and oxygen atoms in total. The van der Waals surface area contributed by atoms with E-state index in [1.165, 1.54) is 12.1 Å². The highest BCUT2D eigenvalue weighted by Crippen LogP contribution is 2.14. The molecule has 114 valence electrons. The quantitative estimate of drug-likeness (QED) is 0.461. The summed E-state index contributed by atoms with van der Waals surface area (Å²) in [5.41, 5.74) is 6.26. The fourth-order valence-corrected chi connectivity index (χ4v) is 2.70. The summed E-state index contributed by atoms with van der Waals surface area (Å²) >= 11 is 11.6. The molecule has 2 atom stereocenters. The van der Waals surface area contributed by atoms with Crippen LogP contribution >= 0.6 is 23.2 Å². The Balaban J connectivity index is 2.14. The van der Waals surface area contributed by atoms with Gasteiger partial charge in [-0.2, -0.15) is 0 Å². The van der Waals surface area contributed by atoms with Gasteiger partial charge in [0.1, 0.15) is 10.3 Å². The van der Waals surface area contributed by atoms with E-state index < -0.39 is 0 Å². The second-order valence-electron chi connectivity index (χ2n) is 5.00. The Morgan fingerprint density at radius 2 is 1.86 bits per heavy atom. The van der Waals surface area contributed by atoms with Crippen LogP contribution in [0.3, 0.4) is 0 Å². The summed E-state index contributed by atoms with van der Waals surface area (Å²) in [5.74, 6) is -0.100. The summed E-state index contributed by atoms with van der Waals surface area (Å²) in [6, 6.07) is 2.86. The molecule has 0 aliphatic carbocycles. The van der Waals surface area contributed by atoms with Gasteiger partial charge in [0.15, 0.2) is 0 Å². The molecule has 2 rings (SSSR count). The van der Waals surface area contributed by atoms with Crippen LogP contribution in [0.25, 0.3) is 0 Å². The van der Waals surface area contributed by atoms with Gasteiger partial charge in [-0.15, -0.1) is 0 Å². The lowest BCUT2D eigenvalue weighted by Crippen LogP contribution is -2.50. The van der Waals surface area contributed by atoms with Gasteiger partial charge in [0, 0.05) is 0 Å². The van der Waals surface area contributed by atoms with Crippen LogP contribution in [-0.4, -0.2) is 46.7 Å². The van der Waals surface area contributed by atoms with Gasteiger partial charge >= 0.3 is 11.9 Å². The van der Waals surface area contributed by atoms with Crippen molar-refractivity contribution in [2.75, 3.05) is 13.1 Å². The summed E-state index contributed by atoms with van der Waals surface area (Å²) in [5, 5.41) is 2.95. The van der Waals surface area contributed by atoms with Crippen molar-refractivity contribution in [2.45, 2.75) is 26.1 Å². The fourth-order valence-electron chi connectivity index (χ4n) is 2.24. The molecule has 21 heavy (non-hydrogen) atoms. The first-order valence-electron chi connectivity index (χ1n) is 6.52. The molecule has 0 saturated carbocycles. The second kappa shape index (κ2) is 6.60. The third-order valence-electron chi connectivity index (χ3n) is 3.03. The van der Waals surface area contributed by atoms with Crippen molar-refractivity contribution in [1.29, 1.82) is 0 Å². The molecule has 1 amide bonds. The van der Waals surface area contributed by atoms with Crippen molar-refractivity contribution in [1.82, 2.24) is 10.3 Å². The van der Waals surface area contributed by atoms with Crippen LogP contribution in [0.1, 0.15) is 24.2 Å². The number of halogens is 2. The van der Waals surface area contributed by atoms with Crippen LogP contribution < -0.4 is 11.1 Å². The molecule has 1 aromatic heterocycles. The van der Waals surface area contributed by atoms with Crippen molar-refractivity contribution in [2.24, 2.45) is 5.73 Å². The number of carbonyl (C=O) groups is 1. The average molecular weight is 332 g/mol. The topological polar surface area (TPSA) is 80.3 Å².